The van der Waals surface area contributed by atoms with Crippen molar-refractivity contribution < 1.29 is 9.59 Å². The van der Waals surface area contributed by atoms with Crippen LogP contribution in [0.5, 0.6) is 0 Å². The zero-order chi connectivity index (χ0) is 19.7. The predicted octanol–water partition coefficient (Wildman–Crippen LogP) is 4.98. The van der Waals surface area contributed by atoms with E-state index in [0.717, 1.165) is 27.7 Å². The molecular weight excluding hydrogens is 348 g/mol. The molecule has 0 aliphatic heterocycles. The Hall–Kier alpha value is -3.66. The number of rotatable bonds is 4. The minimum absolute atomic E-state index is 0.452. The van der Waals surface area contributed by atoms with Crippen LogP contribution in [0.15, 0.2) is 78.9 Å². The summed E-state index contributed by atoms with van der Waals surface area (Å²) < 4.78 is 1.94. The summed E-state index contributed by atoms with van der Waals surface area (Å²) in [5.74, 6) is -1.17. The fourth-order valence-corrected chi connectivity index (χ4v) is 3.56. The molecule has 1 N–H and O–H groups in total. The highest BCUT2D eigenvalue weighted by molar-refractivity contribution is 6.48. The highest BCUT2D eigenvalue weighted by Crippen LogP contribution is 2.29. The van der Waals surface area contributed by atoms with Crippen molar-refractivity contribution in [1.82, 2.24) is 4.57 Å². The van der Waals surface area contributed by atoms with Gasteiger partial charge < -0.3 is 9.88 Å². The molecule has 0 saturated carbocycles. The van der Waals surface area contributed by atoms with Gasteiger partial charge in [-0.25, -0.2) is 0 Å². The highest BCUT2D eigenvalue weighted by Gasteiger charge is 2.24. The molecule has 138 valence electrons. The maximum Gasteiger partial charge on any atom is 0.296 e. The summed E-state index contributed by atoms with van der Waals surface area (Å²) in [6.45, 7) is 1.86. The first-order valence-electron chi connectivity index (χ1n) is 9.12. The third-order valence-electron chi connectivity index (χ3n) is 5.09. The van der Waals surface area contributed by atoms with Gasteiger partial charge >= 0.3 is 0 Å². The molecule has 0 atom stereocenters. The van der Waals surface area contributed by atoms with E-state index in [1.165, 1.54) is 0 Å². The van der Waals surface area contributed by atoms with E-state index in [1.807, 2.05) is 97.4 Å². The molecule has 28 heavy (non-hydrogen) atoms. The lowest BCUT2D eigenvalue weighted by Crippen LogP contribution is -2.23. The average Bonchev–Trinajstić information content (AvgIpc) is 2.99. The Labute approximate surface area is 163 Å². The van der Waals surface area contributed by atoms with Crippen LogP contribution in [0, 0.1) is 6.92 Å². The molecule has 3 aromatic carbocycles. The first kappa shape index (κ1) is 17.7. The molecule has 4 heteroatoms. The lowest BCUT2D eigenvalue weighted by atomic mass is 10.0. The number of para-hydroxylation sites is 2. The van der Waals surface area contributed by atoms with Crippen molar-refractivity contribution in [2.75, 3.05) is 5.32 Å². The number of aryl methyl sites for hydroxylation is 1. The van der Waals surface area contributed by atoms with Crippen molar-refractivity contribution in [3.05, 3.63) is 90.1 Å². The number of Topliss-reactive ketones (excluding diaryl/α,β-unsaturated/α-hetero) is 1. The average molecular weight is 368 g/mol. The zero-order valence-electron chi connectivity index (χ0n) is 15.8. The fraction of sp³-hybridized carbons (Fsp3) is 0.0833. The summed E-state index contributed by atoms with van der Waals surface area (Å²) in [7, 11) is 1.90. The topological polar surface area (TPSA) is 51.1 Å². The van der Waals surface area contributed by atoms with E-state index in [4.69, 9.17) is 0 Å². The number of nitrogens with zero attached hydrogens (tertiary/aromatic N) is 1. The Kier molecular flexibility index (Phi) is 4.53. The van der Waals surface area contributed by atoms with Crippen molar-refractivity contribution >= 4 is 28.3 Å². The molecule has 0 unspecified atom stereocenters. The highest BCUT2D eigenvalue weighted by atomic mass is 16.2. The van der Waals surface area contributed by atoms with Crippen molar-refractivity contribution in [3.63, 3.8) is 0 Å². The van der Waals surface area contributed by atoms with Gasteiger partial charge in [0.1, 0.15) is 0 Å². The number of nitrogens with one attached hydrogen (secondary N) is 1. The van der Waals surface area contributed by atoms with Gasteiger partial charge in [-0.15, -0.1) is 0 Å². The van der Waals surface area contributed by atoms with Gasteiger partial charge in [0.25, 0.3) is 11.7 Å². The SMILES string of the molecule is Cc1c(C(=O)C(=O)Nc2ccccc2-c2ccccc2)c2ccccc2n1C. The van der Waals surface area contributed by atoms with E-state index in [1.54, 1.807) is 0 Å². The maximum atomic E-state index is 13.0. The third-order valence-corrected chi connectivity index (χ3v) is 5.09. The van der Waals surface area contributed by atoms with Crippen LogP contribution in [0.2, 0.25) is 0 Å². The van der Waals surface area contributed by atoms with Gasteiger partial charge in [0.05, 0.1) is 5.56 Å². The van der Waals surface area contributed by atoms with E-state index < -0.39 is 11.7 Å². The predicted molar refractivity (Wildman–Crippen MR) is 112 cm³/mol. The molecule has 4 aromatic rings. The summed E-state index contributed by atoms with van der Waals surface area (Å²) in [6.07, 6.45) is 0. The minimum Gasteiger partial charge on any atom is -0.347 e. The molecular formula is C24H20N2O2. The van der Waals surface area contributed by atoms with Crippen LogP contribution >= 0.6 is 0 Å². The molecule has 0 fully saturated rings. The number of carbonyl (C=O) groups excluding carboxylic acids is 2. The second-order valence-corrected chi connectivity index (χ2v) is 6.73. The van der Waals surface area contributed by atoms with Gasteiger partial charge in [0.2, 0.25) is 0 Å². The van der Waals surface area contributed by atoms with Crippen LogP contribution in [0.1, 0.15) is 16.1 Å². The van der Waals surface area contributed by atoms with Crippen LogP contribution in [0.4, 0.5) is 5.69 Å². The maximum absolute atomic E-state index is 13.0. The Morgan fingerprint density at radius 2 is 1.46 bits per heavy atom. The van der Waals surface area contributed by atoms with E-state index in [0.29, 0.717) is 11.3 Å². The van der Waals surface area contributed by atoms with Crippen LogP contribution in [0.3, 0.4) is 0 Å². The second kappa shape index (κ2) is 7.16. The van der Waals surface area contributed by atoms with E-state index in [-0.39, 0.29) is 0 Å². The standard InChI is InChI=1S/C24H20N2O2/c1-16-22(19-13-7-9-15-21(19)26(16)2)23(27)24(28)25-20-14-8-6-12-18(20)17-10-4-3-5-11-17/h3-15H,1-2H3,(H,25,28). The fourth-order valence-electron chi connectivity index (χ4n) is 3.56. The van der Waals surface area contributed by atoms with Gasteiger partial charge in [0, 0.05) is 34.9 Å². The minimum atomic E-state index is -0.636. The number of amides is 1. The van der Waals surface area contributed by atoms with Crippen molar-refractivity contribution in [1.29, 1.82) is 0 Å². The number of ketones is 1. The Bertz CT molecular complexity index is 1190. The molecule has 0 radical (unpaired) electrons. The molecule has 0 spiro atoms. The summed E-state index contributed by atoms with van der Waals surface area (Å²) in [4.78, 5) is 25.9. The van der Waals surface area contributed by atoms with Crippen LogP contribution in [-0.4, -0.2) is 16.3 Å². The Morgan fingerprint density at radius 3 is 2.25 bits per heavy atom. The number of hydrogen-bond acceptors (Lipinski definition) is 2. The quantitative estimate of drug-likeness (QED) is 0.408. The normalized spacial score (nSPS) is 10.8. The number of benzene rings is 3. The number of aromatic nitrogens is 1. The van der Waals surface area contributed by atoms with Gasteiger partial charge in [-0.3, -0.25) is 9.59 Å². The van der Waals surface area contributed by atoms with E-state index in [2.05, 4.69) is 5.32 Å². The van der Waals surface area contributed by atoms with Crippen LogP contribution < -0.4 is 5.32 Å². The molecule has 1 aromatic heterocycles. The molecule has 0 aliphatic carbocycles. The monoisotopic (exact) mass is 368 g/mol. The summed E-state index contributed by atoms with van der Waals surface area (Å²) in [6, 6.07) is 24.9. The number of carbonyl (C=O) groups is 2. The van der Waals surface area contributed by atoms with E-state index in [9.17, 15) is 9.59 Å². The van der Waals surface area contributed by atoms with Crippen molar-refractivity contribution in [3.8, 4) is 11.1 Å². The van der Waals surface area contributed by atoms with Gasteiger partial charge in [-0.2, -0.15) is 0 Å². The van der Waals surface area contributed by atoms with E-state index >= 15 is 0 Å². The molecule has 0 aliphatic rings. The largest absolute Gasteiger partial charge is 0.347 e. The molecule has 0 saturated heterocycles. The summed E-state index contributed by atoms with van der Waals surface area (Å²) >= 11 is 0. The lowest BCUT2D eigenvalue weighted by Gasteiger charge is -2.11. The van der Waals surface area contributed by atoms with Gasteiger partial charge in [0.15, 0.2) is 0 Å². The van der Waals surface area contributed by atoms with Crippen molar-refractivity contribution in [2.45, 2.75) is 6.92 Å². The first-order chi connectivity index (χ1) is 13.6. The van der Waals surface area contributed by atoms with Crippen LogP contribution in [-0.2, 0) is 11.8 Å². The second-order valence-electron chi connectivity index (χ2n) is 6.73. The smallest absolute Gasteiger partial charge is 0.296 e. The van der Waals surface area contributed by atoms with Crippen molar-refractivity contribution in [2.24, 2.45) is 7.05 Å². The van der Waals surface area contributed by atoms with Gasteiger partial charge in [-0.1, -0.05) is 66.7 Å². The Balaban J connectivity index is 1.70. The van der Waals surface area contributed by atoms with Gasteiger partial charge in [-0.05, 0) is 24.6 Å². The van der Waals surface area contributed by atoms with Crippen LogP contribution in [0.25, 0.3) is 22.0 Å². The third kappa shape index (κ3) is 2.99. The Morgan fingerprint density at radius 1 is 0.821 bits per heavy atom. The molecule has 0 bridgehead atoms. The number of fused-ring (bicyclic) bond motifs is 1. The molecule has 4 rings (SSSR count). The molecule has 1 heterocycles. The molecule has 1 amide bonds. The summed E-state index contributed by atoms with van der Waals surface area (Å²) in [5, 5.41) is 3.60. The number of anilines is 1. The number of hydrogen-bond donors (Lipinski definition) is 1. The lowest BCUT2D eigenvalue weighted by molar-refractivity contribution is -0.112. The molecule has 4 nitrogen and oxygen atoms in total. The summed E-state index contributed by atoms with van der Waals surface area (Å²) in [5.41, 5.74) is 4.63. The zero-order valence-corrected chi connectivity index (χ0v) is 15.8. The first-order valence-corrected chi connectivity index (χ1v) is 9.12.